The van der Waals surface area contributed by atoms with Crippen molar-refractivity contribution >= 4 is 10.9 Å². The first-order valence-corrected chi connectivity index (χ1v) is 5.71. The van der Waals surface area contributed by atoms with Gasteiger partial charge in [0.15, 0.2) is 0 Å². The van der Waals surface area contributed by atoms with Crippen molar-refractivity contribution in [1.82, 2.24) is 9.55 Å². The summed E-state index contributed by atoms with van der Waals surface area (Å²) in [5.41, 5.74) is 3.85. The van der Waals surface area contributed by atoms with Crippen LogP contribution in [0.3, 0.4) is 0 Å². The molecule has 0 N–H and O–H groups in total. The third-order valence-corrected chi connectivity index (χ3v) is 3.39. The third-order valence-electron chi connectivity index (χ3n) is 3.39. The summed E-state index contributed by atoms with van der Waals surface area (Å²) in [6.45, 7) is 2.16. The van der Waals surface area contributed by atoms with Crippen molar-refractivity contribution in [2.45, 2.75) is 25.7 Å². The van der Waals surface area contributed by atoms with E-state index in [1.807, 2.05) is 6.20 Å². The van der Waals surface area contributed by atoms with E-state index in [1.165, 1.54) is 29.4 Å². The van der Waals surface area contributed by atoms with Crippen molar-refractivity contribution in [3.8, 4) is 5.88 Å². The average molecular weight is 216 g/mol. The van der Waals surface area contributed by atoms with Crippen molar-refractivity contribution in [2.75, 3.05) is 7.11 Å². The van der Waals surface area contributed by atoms with E-state index in [1.54, 1.807) is 7.11 Å². The first-order chi connectivity index (χ1) is 7.72. The van der Waals surface area contributed by atoms with Crippen LogP contribution in [0.4, 0.5) is 0 Å². The number of aromatic nitrogens is 2. The number of rotatable bonds is 2. The van der Waals surface area contributed by atoms with Gasteiger partial charge in [-0.2, -0.15) is 0 Å². The normalized spacial score (nSPS) is 15.7. The van der Waals surface area contributed by atoms with Gasteiger partial charge in [0.2, 0.25) is 5.88 Å². The molecule has 3 nitrogen and oxygen atoms in total. The first-order valence-electron chi connectivity index (χ1n) is 5.71. The number of methoxy groups -OCH3 is 1. The number of fused-ring (bicyclic) bond motifs is 1. The lowest BCUT2D eigenvalue weighted by Gasteiger charge is -2.07. The lowest BCUT2D eigenvalue weighted by atomic mass is 10.1. The highest BCUT2D eigenvalue weighted by molar-refractivity contribution is 5.91. The summed E-state index contributed by atoms with van der Waals surface area (Å²) in [6, 6.07) is 0. The zero-order valence-electron chi connectivity index (χ0n) is 9.95. The maximum atomic E-state index is 5.34. The van der Waals surface area contributed by atoms with Crippen molar-refractivity contribution in [1.29, 1.82) is 0 Å². The number of hydrogen-bond donors (Lipinski definition) is 0. The Morgan fingerprint density at radius 2 is 2.19 bits per heavy atom. The quantitative estimate of drug-likeness (QED) is 0.771. The summed E-state index contributed by atoms with van der Waals surface area (Å²) in [6.07, 6.45) is 6.75. The van der Waals surface area contributed by atoms with Gasteiger partial charge >= 0.3 is 0 Å². The lowest BCUT2D eigenvalue weighted by Crippen LogP contribution is -1.95. The predicted octanol–water partition coefficient (Wildman–Crippen LogP) is 2.77. The van der Waals surface area contributed by atoms with Crippen LogP contribution in [0, 0.1) is 6.92 Å². The second kappa shape index (κ2) is 3.24. The Kier molecular flexibility index (Phi) is 1.96. The molecule has 0 spiro atoms. The Morgan fingerprint density at radius 3 is 2.81 bits per heavy atom. The van der Waals surface area contributed by atoms with Gasteiger partial charge in [0.1, 0.15) is 5.52 Å². The maximum Gasteiger partial charge on any atom is 0.238 e. The second-order valence-electron chi connectivity index (χ2n) is 4.64. The molecule has 0 atom stereocenters. The molecule has 0 aliphatic heterocycles. The van der Waals surface area contributed by atoms with Crippen LogP contribution in [0.5, 0.6) is 5.88 Å². The molecule has 0 radical (unpaired) electrons. The topological polar surface area (TPSA) is 27.1 Å². The minimum absolute atomic E-state index is 0.724. The van der Waals surface area contributed by atoms with Gasteiger partial charge in [-0.05, 0) is 36.8 Å². The van der Waals surface area contributed by atoms with E-state index in [0.717, 1.165) is 17.3 Å². The van der Waals surface area contributed by atoms with Crippen molar-refractivity contribution in [3.63, 3.8) is 0 Å². The number of hydrogen-bond acceptors (Lipinski definition) is 2. The zero-order chi connectivity index (χ0) is 11.3. The maximum absolute atomic E-state index is 5.34. The fourth-order valence-electron chi connectivity index (χ4n) is 2.51. The summed E-state index contributed by atoms with van der Waals surface area (Å²) < 4.78 is 7.46. The standard InChI is InChI=1S/C13H16N2O/c1-8-7-15(2)12-11(8)10(9-4-5-9)6-14-13(12)16-3/h6-7,9H,4-5H2,1-3H3. The van der Waals surface area contributed by atoms with E-state index < -0.39 is 0 Å². The molecule has 3 heteroatoms. The molecule has 1 aliphatic carbocycles. The van der Waals surface area contributed by atoms with Crippen LogP contribution in [0.15, 0.2) is 12.4 Å². The summed E-state index contributed by atoms with van der Waals surface area (Å²) in [7, 11) is 3.73. The zero-order valence-corrected chi connectivity index (χ0v) is 9.95. The average Bonchev–Trinajstić information content (AvgIpc) is 3.06. The Labute approximate surface area is 95.0 Å². The van der Waals surface area contributed by atoms with Gasteiger partial charge in [0.25, 0.3) is 0 Å². The molecule has 16 heavy (non-hydrogen) atoms. The second-order valence-corrected chi connectivity index (χ2v) is 4.64. The van der Waals surface area contributed by atoms with Crippen LogP contribution in [-0.2, 0) is 7.05 Å². The SMILES string of the molecule is COc1ncc(C2CC2)c2c(C)cn(C)c12. The molecule has 1 aliphatic rings. The first kappa shape index (κ1) is 9.70. The molecule has 3 rings (SSSR count). The number of nitrogens with zero attached hydrogens (tertiary/aromatic N) is 2. The lowest BCUT2D eigenvalue weighted by molar-refractivity contribution is 0.401. The van der Waals surface area contributed by atoms with Gasteiger partial charge < -0.3 is 9.30 Å². The Hall–Kier alpha value is -1.51. The van der Waals surface area contributed by atoms with Crippen molar-refractivity contribution < 1.29 is 4.74 Å². The van der Waals surface area contributed by atoms with Gasteiger partial charge in [-0.3, -0.25) is 0 Å². The summed E-state index contributed by atoms with van der Waals surface area (Å²) in [5.74, 6) is 1.46. The molecule has 0 saturated heterocycles. The number of pyridine rings is 1. The third kappa shape index (κ3) is 1.24. The monoisotopic (exact) mass is 216 g/mol. The molecule has 2 aromatic rings. The highest BCUT2D eigenvalue weighted by Crippen LogP contribution is 2.45. The number of ether oxygens (including phenoxy) is 1. The summed E-state index contributed by atoms with van der Waals surface area (Å²) in [5, 5.41) is 1.34. The van der Waals surface area contributed by atoms with E-state index in [9.17, 15) is 0 Å². The highest BCUT2D eigenvalue weighted by atomic mass is 16.5. The molecule has 0 unspecified atom stereocenters. The molecule has 84 valence electrons. The van der Waals surface area contributed by atoms with Crippen molar-refractivity contribution in [2.24, 2.45) is 7.05 Å². The van der Waals surface area contributed by atoms with Crippen LogP contribution >= 0.6 is 0 Å². The van der Waals surface area contributed by atoms with Gasteiger partial charge in [-0.25, -0.2) is 4.98 Å². The van der Waals surface area contributed by atoms with E-state index in [2.05, 4.69) is 29.7 Å². The fourth-order valence-corrected chi connectivity index (χ4v) is 2.51. The Balaban J connectivity index is 2.38. The minimum Gasteiger partial charge on any atom is -0.479 e. The molecular weight excluding hydrogens is 200 g/mol. The van der Waals surface area contributed by atoms with Crippen LogP contribution in [0.1, 0.15) is 29.9 Å². The molecule has 0 amide bonds. The van der Waals surface area contributed by atoms with Crippen LogP contribution in [-0.4, -0.2) is 16.7 Å². The summed E-state index contributed by atoms with van der Waals surface area (Å²) in [4.78, 5) is 4.42. The number of aryl methyl sites for hydroxylation is 2. The largest absolute Gasteiger partial charge is 0.479 e. The minimum atomic E-state index is 0.724. The van der Waals surface area contributed by atoms with Gasteiger partial charge in [0.05, 0.1) is 7.11 Å². The summed E-state index contributed by atoms with van der Waals surface area (Å²) >= 11 is 0. The molecule has 2 heterocycles. The van der Waals surface area contributed by atoms with Gasteiger partial charge in [-0.1, -0.05) is 0 Å². The molecule has 2 aromatic heterocycles. The van der Waals surface area contributed by atoms with Crippen LogP contribution < -0.4 is 4.74 Å². The van der Waals surface area contributed by atoms with Crippen molar-refractivity contribution in [3.05, 3.63) is 23.5 Å². The molecule has 1 saturated carbocycles. The van der Waals surface area contributed by atoms with E-state index in [4.69, 9.17) is 4.74 Å². The van der Waals surface area contributed by atoms with Crippen LogP contribution in [0.25, 0.3) is 10.9 Å². The van der Waals surface area contributed by atoms with E-state index in [0.29, 0.717) is 0 Å². The smallest absolute Gasteiger partial charge is 0.238 e. The molecule has 0 bridgehead atoms. The molecule has 0 aromatic carbocycles. The Morgan fingerprint density at radius 1 is 1.44 bits per heavy atom. The van der Waals surface area contributed by atoms with Gasteiger partial charge in [-0.15, -0.1) is 0 Å². The van der Waals surface area contributed by atoms with E-state index >= 15 is 0 Å². The Bertz CT molecular complexity index is 553. The molecular formula is C13H16N2O. The highest BCUT2D eigenvalue weighted by Gasteiger charge is 2.28. The van der Waals surface area contributed by atoms with Crippen LogP contribution in [0.2, 0.25) is 0 Å². The molecule has 1 fully saturated rings. The van der Waals surface area contributed by atoms with Gasteiger partial charge in [0, 0.05) is 24.8 Å². The predicted molar refractivity (Wildman–Crippen MR) is 64.0 cm³/mol. The fraction of sp³-hybridized carbons (Fsp3) is 0.462. The van der Waals surface area contributed by atoms with E-state index in [-0.39, 0.29) is 0 Å².